The van der Waals surface area contributed by atoms with Gasteiger partial charge in [0.05, 0.1) is 5.57 Å². The minimum Gasteiger partial charge on any atom is -0.511 e. The van der Waals surface area contributed by atoms with E-state index in [1.165, 1.54) is 12.1 Å². The fraction of sp³-hybridized carbons (Fsp3) is 0.318. The summed E-state index contributed by atoms with van der Waals surface area (Å²) in [6, 6.07) is 12.3. The summed E-state index contributed by atoms with van der Waals surface area (Å²) >= 11 is 0. The Labute approximate surface area is 147 Å². The first-order valence-corrected chi connectivity index (χ1v) is 8.95. The Kier molecular flexibility index (Phi) is 3.95. The maximum atomic E-state index is 13.2. The van der Waals surface area contributed by atoms with E-state index in [4.69, 9.17) is 0 Å². The lowest BCUT2D eigenvalue weighted by molar-refractivity contribution is -0.117. The van der Waals surface area contributed by atoms with Gasteiger partial charge in [0.15, 0.2) is 5.78 Å². The van der Waals surface area contributed by atoms with Gasteiger partial charge in [0.1, 0.15) is 11.6 Å². The summed E-state index contributed by atoms with van der Waals surface area (Å²) in [4.78, 5) is 12.9. The van der Waals surface area contributed by atoms with Crippen molar-refractivity contribution >= 4 is 11.4 Å². The van der Waals surface area contributed by atoms with Crippen LogP contribution in [0.25, 0.3) is 16.7 Å². The maximum absolute atomic E-state index is 13.2. The maximum Gasteiger partial charge on any atom is 0.169 e. The molecule has 1 N–H and O–H groups in total. The number of ketones is 1. The number of Topliss-reactive ketones (excluding diaryl/α,β-unsaturated/α-hetero) is 1. The Morgan fingerprint density at radius 1 is 1.04 bits per heavy atom. The highest BCUT2D eigenvalue weighted by Gasteiger charge is 2.41. The number of carbonyl (C=O) groups excluding carboxylic acids is 1. The molecule has 128 valence electrons. The average molecular weight is 336 g/mol. The number of benzene rings is 2. The summed E-state index contributed by atoms with van der Waals surface area (Å²) in [6.07, 6.45) is 3.34. The molecule has 2 unspecified atom stereocenters. The second-order valence-electron chi connectivity index (χ2n) is 7.06. The molecule has 1 fully saturated rings. The molecule has 0 amide bonds. The summed E-state index contributed by atoms with van der Waals surface area (Å²) in [5, 5.41) is 10.7. The van der Waals surface area contributed by atoms with Gasteiger partial charge >= 0.3 is 0 Å². The van der Waals surface area contributed by atoms with Gasteiger partial charge in [-0.15, -0.1) is 0 Å². The number of rotatable bonds is 3. The lowest BCUT2D eigenvalue weighted by Gasteiger charge is -2.23. The van der Waals surface area contributed by atoms with Crippen LogP contribution in [0.15, 0.2) is 48.2 Å². The number of hydrogen-bond donors (Lipinski definition) is 1. The lowest BCUT2D eigenvalue weighted by atomic mass is 9.81. The SMILES string of the molecule is CCc1ccc(-c2ccc(F)cc2)cc1C1=C(O)C2CCC(C2)C1=O. The fourth-order valence-electron chi connectivity index (χ4n) is 4.21. The summed E-state index contributed by atoms with van der Waals surface area (Å²) in [6.45, 7) is 2.05. The van der Waals surface area contributed by atoms with Gasteiger partial charge in [-0.25, -0.2) is 4.39 Å². The van der Waals surface area contributed by atoms with Crippen molar-refractivity contribution in [2.24, 2.45) is 11.8 Å². The monoisotopic (exact) mass is 336 g/mol. The van der Waals surface area contributed by atoms with Crippen LogP contribution in [0.1, 0.15) is 37.3 Å². The van der Waals surface area contributed by atoms with Crippen LogP contribution in [-0.4, -0.2) is 10.9 Å². The standard InChI is InChI=1S/C22H21FO2/c1-2-13-3-4-15(14-7-9-18(23)10-8-14)12-19(13)20-21(24)16-5-6-17(11-16)22(20)25/h3-4,7-10,12,16-17,24H,2,5-6,11H2,1H3. The molecular formula is C22H21FO2. The van der Waals surface area contributed by atoms with E-state index in [-0.39, 0.29) is 29.2 Å². The van der Waals surface area contributed by atoms with Crippen LogP contribution in [0, 0.1) is 17.7 Å². The summed E-state index contributed by atoms with van der Waals surface area (Å²) < 4.78 is 13.2. The van der Waals surface area contributed by atoms with Crippen LogP contribution in [0.2, 0.25) is 0 Å². The first kappa shape index (κ1) is 16.1. The van der Waals surface area contributed by atoms with Crippen LogP contribution in [0.5, 0.6) is 0 Å². The first-order valence-electron chi connectivity index (χ1n) is 8.95. The number of aliphatic hydroxyl groups excluding tert-OH is 1. The van der Waals surface area contributed by atoms with Gasteiger partial charge in [-0.2, -0.15) is 0 Å². The molecule has 4 rings (SSSR count). The number of hydrogen-bond acceptors (Lipinski definition) is 2. The van der Waals surface area contributed by atoms with E-state index in [0.717, 1.165) is 47.9 Å². The normalized spacial score (nSPS) is 22.6. The first-order chi connectivity index (χ1) is 12.1. The molecule has 1 saturated carbocycles. The molecule has 25 heavy (non-hydrogen) atoms. The topological polar surface area (TPSA) is 37.3 Å². The summed E-state index contributed by atoms with van der Waals surface area (Å²) in [7, 11) is 0. The van der Waals surface area contributed by atoms with Crippen molar-refractivity contribution in [2.45, 2.75) is 32.6 Å². The Morgan fingerprint density at radius 2 is 1.72 bits per heavy atom. The molecule has 2 bridgehead atoms. The van der Waals surface area contributed by atoms with Gasteiger partial charge < -0.3 is 5.11 Å². The molecule has 2 aliphatic rings. The number of fused-ring (bicyclic) bond motifs is 2. The third-order valence-electron chi connectivity index (χ3n) is 5.63. The van der Waals surface area contributed by atoms with Crippen molar-refractivity contribution in [3.8, 4) is 11.1 Å². The number of carbonyl (C=O) groups is 1. The van der Waals surface area contributed by atoms with Gasteiger partial charge in [0.25, 0.3) is 0 Å². The van der Waals surface area contributed by atoms with E-state index in [1.54, 1.807) is 12.1 Å². The van der Waals surface area contributed by atoms with Crippen molar-refractivity contribution in [3.63, 3.8) is 0 Å². The highest BCUT2D eigenvalue weighted by Crippen LogP contribution is 2.46. The molecular weight excluding hydrogens is 315 g/mol. The molecule has 2 aromatic carbocycles. The molecule has 2 nitrogen and oxygen atoms in total. The molecule has 0 spiro atoms. The number of allylic oxidation sites excluding steroid dienone is 2. The third kappa shape index (κ3) is 2.68. The smallest absolute Gasteiger partial charge is 0.169 e. The molecule has 0 heterocycles. The largest absolute Gasteiger partial charge is 0.511 e. The van der Waals surface area contributed by atoms with E-state index in [2.05, 4.69) is 6.92 Å². The summed E-state index contributed by atoms with van der Waals surface area (Å²) in [5.41, 5.74) is 4.24. The fourth-order valence-corrected chi connectivity index (χ4v) is 4.21. The van der Waals surface area contributed by atoms with Crippen molar-refractivity contribution in [1.29, 1.82) is 0 Å². The zero-order valence-electron chi connectivity index (χ0n) is 14.3. The van der Waals surface area contributed by atoms with E-state index in [1.807, 2.05) is 18.2 Å². The highest BCUT2D eigenvalue weighted by molar-refractivity contribution is 6.23. The number of aryl methyl sites for hydroxylation is 1. The summed E-state index contributed by atoms with van der Waals surface area (Å²) in [5.74, 6) is 0.252. The predicted octanol–water partition coefficient (Wildman–Crippen LogP) is 5.32. The van der Waals surface area contributed by atoms with E-state index < -0.39 is 0 Å². The van der Waals surface area contributed by atoms with Crippen LogP contribution < -0.4 is 0 Å². The van der Waals surface area contributed by atoms with Gasteiger partial charge in [0.2, 0.25) is 0 Å². The molecule has 2 aliphatic carbocycles. The van der Waals surface area contributed by atoms with Gasteiger partial charge in [-0.3, -0.25) is 4.79 Å². The van der Waals surface area contributed by atoms with Crippen molar-refractivity contribution in [3.05, 3.63) is 65.2 Å². The third-order valence-corrected chi connectivity index (χ3v) is 5.63. The Hall–Kier alpha value is -2.42. The average Bonchev–Trinajstić information content (AvgIpc) is 3.08. The van der Waals surface area contributed by atoms with Crippen molar-refractivity contribution in [1.82, 2.24) is 0 Å². The molecule has 0 saturated heterocycles. The predicted molar refractivity (Wildman–Crippen MR) is 96.6 cm³/mol. The quantitative estimate of drug-likeness (QED) is 0.823. The zero-order chi connectivity index (χ0) is 17.6. The van der Waals surface area contributed by atoms with Crippen LogP contribution in [-0.2, 0) is 11.2 Å². The zero-order valence-corrected chi connectivity index (χ0v) is 14.3. The minimum atomic E-state index is -0.270. The molecule has 0 radical (unpaired) electrons. The number of aliphatic hydroxyl groups is 1. The van der Waals surface area contributed by atoms with Crippen molar-refractivity contribution < 1.29 is 14.3 Å². The molecule has 0 aromatic heterocycles. The van der Waals surface area contributed by atoms with E-state index >= 15 is 0 Å². The second kappa shape index (κ2) is 6.14. The van der Waals surface area contributed by atoms with E-state index in [0.29, 0.717) is 5.57 Å². The van der Waals surface area contributed by atoms with Gasteiger partial charge in [-0.05, 0) is 66.1 Å². The highest BCUT2D eigenvalue weighted by atomic mass is 19.1. The van der Waals surface area contributed by atoms with Gasteiger partial charge in [0, 0.05) is 11.8 Å². The molecule has 2 atom stereocenters. The minimum absolute atomic E-state index is 0.0510. The van der Waals surface area contributed by atoms with Crippen molar-refractivity contribution in [2.75, 3.05) is 0 Å². The Bertz CT molecular complexity index is 864. The van der Waals surface area contributed by atoms with Crippen LogP contribution in [0.4, 0.5) is 4.39 Å². The van der Waals surface area contributed by atoms with Gasteiger partial charge in [-0.1, -0.05) is 31.2 Å². The lowest BCUT2D eigenvalue weighted by Crippen LogP contribution is -2.22. The second-order valence-corrected chi connectivity index (χ2v) is 7.06. The van der Waals surface area contributed by atoms with E-state index in [9.17, 15) is 14.3 Å². The number of halogens is 1. The van der Waals surface area contributed by atoms with Crippen LogP contribution in [0.3, 0.4) is 0 Å². The molecule has 2 aromatic rings. The Balaban J connectivity index is 1.86. The van der Waals surface area contributed by atoms with Crippen LogP contribution >= 0.6 is 0 Å². The molecule has 0 aliphatic heterocycles. The molecule has 3 heteroatoms. The Morgan fingerprint density at radius 3 is 2.44 bits per heavy atom.